The van der Waals surface area contributed by atoms with Crippen molar-refractivity contribution in [1.82, 2.24) is 4.90 Å². The van der Waals surface area contributed by atoms with E-state index in [0.717, 1.165) is 18.6 Å². The first-order valence-electron chi connectivity index (χ1n) is 7.71. The Labute approximate surface area is 135 Å². The topological polar surface area (TPSA) is 57.6 Å². The second kappa shape index (κ2) is 7.68. The second-order valence-corrected chi connectivity index (χ2v) is 7.03. The van der Waals surface area contributed by atoms with E-state index in [1.54, 1.807) is 11.8 Å². The van der Waals surface area contributed by atoms with Crippen LogP contribution < -0.4 is 0 Å². The molecule has 0 spiro atoms. The van der Waals surface area contributed by atoms with Crippen LogP contribution in [0.4, 0.5) is 0 Å². The van der Waals surface area contributed by atoms with Crippen molar-refractivity contribution in [3.8, 4) is 0 Å². The van der Waals surface area contributed by atoms with Gasteiger partial charge in [0.15, 0.2) is 0 Å². The van der Waals surface area contributed by atoms with E-state index in [1.807, 2.05) is 0 Å². The van der Waals surface area contributed by atoms with Crippen molar-refractivity contribution >= 4 is 23.6 Å². The molecule has 1 fully saturated rings. The van der Waals surface area contributed by atoms with Crippen molar-refractivity contribution in [3.05, 3.63) is 29.3 Å². The number of hydrogen-bond acceptors (Lipinski definition) is 3. The minimum atomic E-state index is -0.879. The zero-order valence-electron chi connectivity index (χ0n) is 13.2. The molecule has 1 unspecified atom stereocenters. The largest absolute Gasteiger partial charge is 0.480 e. The normalized spacial score (nSPS) is 17.7. The molecule has 1 N–H and O–H groups in total. The first-order valence-corrected chi connectivity index (χ1v) is 8.69. The highest BCUT2D eigenvalue weighted by Crippen LogP contribution is 2.23. The SMILES string of the molecule is Cc1cc(C)cc(SCCCC(=O)N2CCCC2C(=O)O)c1. The van der Waals surface area contributed by atoms with E-state index in [4.69, 9.17) is 5.11 Å². The average Bonchev–Trinajstić information content (AvgIpc) is 2.92. The van der Waals surface area contributed by atoms with Gasteiger partial charge in [-0.1, -0.05) is 6.07 Å². The van der Waals surface area contributed by atoms with Crippen molar-refractivity contribution in [2.24, 2.45) is 0 Å². The number of carbonyl (C=O) groups excluding carboxylic acids is 1. The zero-order chi connectivity index (χ0) is 16.1. The first-order chi connectivity index (χ1) is 10.5. The van der Waals surface area contributed by atoms with Gasteiger partial charge < -0.3 is 10.0 Å². The molecule has 1 aliphatic heterocycles. The number of hydrogen-bond donors (Lipinski definition) is 1. The third-order valence-corrected chi connectivity index (χ3v) is 4.92. The molecule has 1 atom stereocenters. The lowest BCUT2D eigenvalue weighted by Crippen LogP contribution is -2.40. The number of amides is 1. The predicted molar refractivity (Wildman–Crippen MR) is 88.2 cm³/mol. The number of benzene rings is 1. The van der Waals surface area contributed by atoms with Crippen molar-refractivity contribution in [1.29, 1.82) is 0 Å². The zero-order valence-corrected chi connectivity index (χ0v) is 14.0. The third kappa shape index (κ3) is 4.50. The maximum Gasteiger partial charge on any atom is 0.326 e. The van der Waals surface area contributed by atoms with E-state index in [0.29, 0.717) is 19.4 Å². The summed E-state index contributed by atoms with van der Waals surface area (Å²) < 4.78 is 0. The van der Waals surface area contributed by atoms with Crippen LogP contribution in [0.2, 0.25) is 0 Å². The fourth-order valence-electron chi connectivity index (χ4n) is 2.90. The highest BCUT2D eigenvalue weighted by Gasteiger charge is 2.33. The molecule has 1 saturated heterocycles. The van der Waals surface area contributed by atoms with Crippen LogP contribution in [0.3, 0.4) is 0 Å². The molecule has 0 bridgehead atoms. The van der Waals surface area contributed by atoms with E-state index >= 15 is 0 Å². The number of aliphatic carboxylic acids is 1. The van der Waals surface area contributed by atoms with Gasteiger partial charge in [-0.3, -0.25) is 4.79 Å². The van der Waals surface area contributed by atoms with Gasteiger partial charge in [0.2, 0.25) is 5.91 Å². The Balaban J connectivity index is 1.76. The molecule has 120 valence electrons. The quantitative estimate of drug-likeness (QED) is 0.645. The summed E-state index contributed by atoms with van der Waals surface area (Å²) in [5.41, 5.74) is 2.50. The van der Waals surface area contributed by atoms with Gasteiger partial charge >= 0.3 is 5.97 Å². The summed E-state index contributed by atoms with van der Waals surface area (Å²) in [6.07, 6.45) is 2.58. The van der Waals surface area contributed by atoms with Gasteiger partial charge in [0.05, 0.1) is 0 Å². The van der Waals surface area contributed by atoms with Crippen molar-refractivity contribution in [2.75, 3.05) is 12.3 Å². The van der Waals surface area contributed by atoms with Crippen LogP contribution in [-0.2, 0) is 9.59 Å². The van der Waals surface area contributed by atoms with Gasteiger partial charge in [-0.05, 0) is 62.1 Å². The van der Waals surface area contributed by atoms with E-state index in [2.05, 4.69) is 32.0 Å². The Morgan fingerprint density at radius 1 is 1.27 bits per heavy atom. The number of carboxylic acids is 1. The molecule has 22 heavy (non-hydrogen) atoms. The van der Waals surface area contributed by atoms with Crippen LogP contribution >= 0.6 is 11.8 Å². The molecule has 0 radical (unpaired) electrons. The molecule has 1 aromatic rings. The molecular weight excluding hydrogens is 298 g/mol. The molecule has 4 nitrogen and oxygen atoms in total. The Morgan fingerprint density at radius 3 is 2.59 bits per heavy atom. The summed E-state index contributed by atoms with van der Waals surface area (Å²) in [5.74, 6) is -0.0263. The summed E-state index contributed by atoms with van der Waals surface area (Å²) >= 11 is 1.75. The molecule has 1 aliphatic rings. The van der Waals surface area contributed by atoms with Gasteiger partial charge in [0.25, 0.3) is 0 Å². The summed E-state index contributed by atoms with van der Waals surface area (Å²) in [6, 6.07) is 5.84. The lowest BCUT2D eigenvalue weighted by molar-refractivity contribution is -0.148. The van der Waals surface area contributed by atoms with Gasteiger partial charge in [0.1, 0.15) is 6.04 Å². The molecular formula is C17H23NO3S. The maximum atomic E-state index is 12.1. The Kier molecular flexibility index (Phi) is 5.89. The third-order valence-electron chi connectivity index (χ3n) is 3.86. The number of rotatable bonds is 6. The van der Waals surface area contributed by atoms with Crippen LogP contribution in [0.15, 0.2) is 23.1 Å². The van der Waals surface area contributed by atoms with E-state index < -0.39 is 12.0 Å². The fraction of sp³-hybridized carbons (Fsp3) is 0.529. The first kappa shape index (κ1) is 16.9. The smallest absolute Gasteiger partial charge is 0.326 e. The van der Waals surface area contributed by atoms with Crippen LogP contribution in [0.5, 0.6) is 0 Å². The molecule has 5 heteroatoms. The number of carboxylic acid groups (broad SMARTS) is 1. The number of likely N-dealkylation sites (tertiary alicyclic amines) is 1. The van der Waals surface area contributed by atoms with Crippen molar-refractivity contribution in [3.63, 3.8) is 0 Å². The van der Waals surface area contributed by atoms with E-state index in [-0.39, 0.29) is 5.91 Å². The number of thioether (sulfide) groups is 1. The summed E-state index contributed by atoms with van der Waals surface area (Å²) in [5, 5.41) is 9.11. The van der Waals surface area contributed by atoms with E-state index in [9.17, 15) is 9.59 Å². The number of carbonyl (C=O) groups is 2. The molecule has 2 rings (SSSR count). The lowest BCUT2D eigenvalue weighted by atomic mass is 10.2. The van der Waals surface area contributed by atoms with Crippen molar-refractivity contribution in [2.45, 2.75) is 50.5 Å². The Morgan fingerprint density at radius 2 is 1.95 bits per heavy atom. The summed E-state index contributed by atoms with van der Waals surface area (Å²) in [4.78, 5) is 26.0. The minimum Gasteiger partial charge on any atom is -0.480 e. The highest BCUT2D eigenvalue weighted by atomic mass is 32.2. The van der Waals surface area contributed by atoms with Gasteiger partial charge in [0, 0.05) is 17.9 Å². The molecule has 0 aliphatic carbocycles. The monoisotopic (exact) mass is 321 g/mol. The molecule has 1 amide bonds. The summed E-state index contributed by atoms with van der Waals surface area (Å²) in [7, 11) is 0. The minimum absolute atomic E-state index is 0.0223. The maximum absolute atomic E-state index is 12.1. The standard InChI is InChI=1S/C17H23NO3S/c1-12-9-13(2)11-14(10-12)22-8-4-6-16(19)18-7-3-5-15(18)17(20)21/h9-11,15H,3-8H2,1-2H3,(H,20,21). The van der Waals surface area contributed by atoms with Crippen LogP contribution in [-0.4, -0.2) is 40.2 Å². The number of aryl methyl sites for hydroxylation is 2. The lowest BCUT2D eigenvalue weighted by Gasteiger charge is -2.21. The molecule has 1 aromatic carbocycles. The Hall–Kier alpha value is -1.49. The fourth-order valence-corrected chi connectivity index (χ4v) is 3.96. The highest BCUT2D eigenvalue weighted by molar-refractivity contribution is 7.99. The van der Waals surface area contributed by atoms with Gasteiger partial charge in [-0.15, -0.1) is 11.8 Å². The average molecular weight is 321 g/mol. The Bertz CT molecular complexity index is 539. The van der Waals surface area contributed by atoms with Crippen molar-refractivity contribution < 1.29 is 14.7 Å². The molecule has 1 heterocycles. The van der Waals surface area contributed by atoms with Crippen LogP contribution in [0.1, 0.15) is 36.8 Å². The van der Waals surface area contributed by atoms with Crippen LogP contribution in [0.25, 0.3) is 0 Å². The van der Waals surface area contributed by atoms with Gasteiger partial charge in [-0.25, -0.2) is 4.79 Å². The van der Waals surface area contributed by atoms with Crippen LogP contribution in [0, 0.1) is 13.8 Å². The molecule has 0 aromatic heterocycles. The van der Waals surface area contributed by atoms with E-state index in [1.165, 1.54) is 20.9 Å². The molecule has 0 saturated carbocycles. The summed E-state index contributed by atoms with van der Waals surface area (Å²) in [6.45, 7) is 4.75. The second-order valence-electron chi connectivity index (χ2n) is 5.86. The number of nitrogens with zero attached hydrogens (tertiary/aromatic N) is 1. The predicted octanol–water partition coefficient (Wildman–Crippen LogP) is 3.25. The van der Waals surface area contributed by atoms with Gasteiger partial charge in [-0.2, -0.15) is 0 Å².